The molecule has 0 radical (unpaired) electrons. The molecule has 0 spiro atoms. The number of rotatable bonds is 5. The summed E-state index contributed by atoms with van der Waals surface area (Å²) in [5.74, 6) is -0.462. The van der Waals surface area contributed by atoms with Crippen LogP contribution >= 0.6 is 0 Å². The lowest BCUT2D eigenvalue weighted by molar-refractivity contribution is 0.0895. The van der Waals surface area contributed by atoms with Gasteiger partial charge in [0.15, 0.2) is 0 Å². The Labute approximate surface area is 134 Å². The number of benzene rings is 1. The lowest BCUT2D eigenvalue weighted by Gasteiger charge is -2.19. The molecule has 0 unspecified atom stereocenters. The van der Waals surface area contributed by atoms with E-state index in [1.54, 1.807) is 0 Å². The molecule has 0 aliphatic rings. The number of amides is 1. The molecule has 0 saturated heterocycles. The molecule has 0 aliphatic carbocycles. The van der Waals surface area contributed by atoms with Crippen molar-refractivity contribution in [1.82, 2.24) is 15.5 Å². The minimum atomic E-state index is -0.557. The summed E-state index contributed by atoms with van der Waals surface area (Å²) in [5, 5.41) is 18.3. The molecule has 0 saturated carbocycles. The Bertz CT molecular complexity index is 735. The third-order valence-corrected chi connectivity index (χ3v) is 3.71. The van der Waals surface area contributed by atoms with Crippen molar-refractivity contribution < 1.29 is 9.90 Å². The largest absolute Gasteiger partial charge is 0.394 e. The minimum absolute atomic E-state index is 0.0188. The molecular formula is C17H21N3O3. The summed E-state index contributed by atoms with van der Waals surface area (Å²) >= 11 is 0. The van der Waals surface area contributed by atoms with E-state index in [9.17, 15) is 14.7 Å². The van der Waals surface area contributed by atoms with Crippen LogP contribution in [0.15, 0.2) is 35.1 Å². The molecule has 2 aromatic rings. The van der Waals surface area contributed by atoms with Crippen LogP contribution in [0.1, 0.15) is 29.8 Å². The molecule has 6 heteroatoms. The number of hydrogen-bond acceptors (Lipinski definition) is 4. The predicted octanol–water partition coefficient (Wildman–Crippen LogP) is 1.49. The SMILES string of the molecule is Cc1ccc(-c2cc(C(=O)N[C@H](CO)C(C)C)c(=O)[nH]n2)cc1. The maximum atomic E-state index is 12.3. The zero-order valence-corrected chi connectivity index (χ0v) is 13.5. The van der Waals surface area contributed by atoms with Crippen LogP contribution in [0.5, 0.6) is 0 Å². The van der Waals surface area contributed by atoms with E-state index in [0.29, 0.717) is 5.69 Å². The Balaban J connectivity index is 2.32. The standard InChI is InChI=1S/C17H21N3O3/c1-10(2)15(9-21)18-16(22)13-8-14(19-20-17(13)23)12-6-4-11(3)5-7-12/h4-8,10,15,21H,9H2,1-3H3,(H,18,22)(H,20,23)/t15-/m1/s1. The Morgan fingerprint density at radius 3 is 2.52 bits per heavy atom. The molecule has 3 N–H and O–H groups in total. The van der Waals surface area contributed by atoms with E-state index < -0.39 is 17.5 Å². The van der Waals surface area contributed by atoms with Gasteiger partial charge in [0.2, 0.25) is 0 Å². The van der Waals surface area contributed by atoms with Crippen molar-refractivity contribution in [3.63, 3.8) is 0 Å². The van der Waals surface area contributed by atoms with Crippen molar-refractivity contribution in [2.75, 3.05) is 6.61 Å². The van der Waals surface area contributed by atoms with Gasteiger partial charge in [-0.25, -0.2) is 5.10 Å². The number of nitrogens with zero attached hydrogens (tertiary/aromatic N) is 1. The lowest BCUT2D eigenvalue weighted by Crippen LogP contribution is -2.43. The van der Waals surface area contributed by atoms with E-state index in [2.05, 4.69) is 15.5 Å². The highest BCUT2D eigenvalue weighted by atomic mass is 16.3. The highest BCUT2D eigenvalue weighted by Crippen LogP contribution is 2.16. The normalized spacial score (nSPS) is 12.2. The van der Waals surface area contributed by atoms with Crippen molar-refractivity contribution in [2.45, 2.75) is 26.8 Å². The number of H-pyrrole nitrogens is 1. The number of aliphatic hydroxyl groups excluding tert-OH is 1. The fourth-order valence-electron chi connectivity index (χ4n) is 2.12. The van der Waals surface area contributed by atoms with E-state index >= 15 is 0 Å². The van der Waals surface area contributed by atoms with Crippen molar-refractivity contribution in [3.05, 3.63) is 51.8 Å². The van der Waals surface area contributed by atoms with E-state index in [1.165, 1.54) is 6.07 Å². The predicted molar refractivity (Wildman–Crippen MR) is 88.2 cm³/mol. The number of aryl methyl sites for hydroxylation is 1. The second-order valence-electron chi connectivity index (χ2n) is 5.87. The van der Waals surface area contributed by atoms with Crippen LogP contribution in [-0.2, 0) is 0 Å². The number of hydrogen-bond donors (Lipinski definition) is 3. The van der Waals surface area contributed by atoms with Gasteiger partial charge in [-0.15, -0.1) is 0 Å². The molecule has 1 aromatic heterocycles. The molecule has 122 valence electrons. The third kappa shape index (κ3) is 4.04. The third-order valence-electron chi connectivity index (χ3n) is 3.71. The van der Waals surface area contributed by atoms with Crippen LogP contribution in [0.4, 0.5) is 0 Å². The molecule has 0 fully saturated rings. The van der Waals surface area contributed by atoms with Crippen molar-refractivity contribution in [3.8, 4) is 11.3 Å². The fourth-order valence-corrected chi connectivity index (χ4v) is 2.12. The summed E-state index contributed by atoms with van der Waals surface area (Å²) in [6.45, 7) is 5.56. The Kier molecular flexibility index (Phi) is 5.28. The molecule has 2 rings (SSSR count). The maximum Gasteiger partial charge on any atom is 0.277 e. The first kappa shape index (κ1) is 16.9. The summed E-state index contributed by atoms with van der Waals surface area (Å²) in [6.07, 6.45) is 0. The van der Waals surface area contributed by atoms with Gasteiger partial charge in [0.1, 0.15) is 5.56 Å². The van der Waals surface area contributed by atoms with Gasteiger partial charge >= 0.3 is 0 Å². The summed E-state index contributed by atoms with van der Waals surface area (Å²) in [4.78, 5) is 24.2. The summed E-state index contributed by atoms with van der Waals surface area (Å²) in [7, 11) is 0. The average Bonchev–Trinajstić information content (AvgIpc) is 2.53. The van der Waals surface area contributed by atoms with Crippen LogP contribution < -0.4 is 10.9 Å². The molecule has 6 nitrogen and oxygen atoms in total. The molecular weight excluding hydrogens is 294 g/mol. The van der Waals surface area contributed by atoms with E-state index in [4.69, 9.17) is 0 Å². The van der Waals surface area contributed by atoms with Crippen LogP contribution in [0.2, 0.25) is 0 Å². The second-order valence-corrected chi connectivity index (χ2v) is 5.87. The number of aromatic amines is 1. The topological polar surface area (TPSA) is 95.1 Å². The van der Waals surface area contributed by atoms with Crippen LogP contribution in [-0.4, -0.2) is 33.9 Å². The van der Waals surface area contributed by atoms with Gasteiger partial charge in [0.05, 0.1) is 18.3 Å². The molecule has 0 bridgehead atoms. The molecule has 1 heterocycles. The van der Waals surface area contributed by atoms with Gasteiger partial charge in [0.25, 0.3) is 11.5 Å². The lowest BCUT2D eigenvalue weighted by atomic mass is 10.0. The number of carbonyl (C=O) groups is 1. The first-order chi connectivity index (χ1) is 10.9. The highest BCUT2D eigenvalue weighted by Gasteiger charge is 2.19. The highest BCUT2D eigenvalue weighted by molar-refractivity contribution is 5.94. The Hall–Kier alpha value is -2.47. The van der Waals surface area contributed by atoms with E-state index in [-0.39, 0.29) is 18.1 Å². The van der Waals surface area contributed by atoms with E-state index in [0.717, 1.165) is 11.1 Å². The first-order valence-electron chi connectivity index (χ1n) is 7.51. The smallest absolute Gasteiger partial charge is 0.277 e. The molecule has 0 aliphatic heterocycles. The van der Waals surface area contributed by atoms with Crippen LogP contribution in [0.3, 0.4) is 0 Å². The molecule has 1 aromatic carbocycles. The fraction of sp³-hybridized carbons (Fsp3) is 0.353. The summed E-state index contributed by atoms with van der Waals surface area (Å²) in [5.41, 5.74) is 1.86. The Morgan fingerprint density at radius 2 is 1.96 bits per heavy atom. The van der Waals surface area contributed by atoms with Gasteiger partial charge in [0, 0.05) is 5.56 Å². The number of aliphatic hydroxyl groups is 1. The molecule has 23 heavy (non-hydrogen) atoms. The monoisotopic (exact) mass is 315 g/mol. The summed E-state index contributed by atoms with van der Waals surface area (Å²) < 4.78 is 0. The maximum absolute atomic E-state index is 12.3. The van der Waals surface area contributed by atoms with Gasteiger partial charge < -0.3 is 10.4 Å². The van der Waals surface area contributed by atoms with Crippen molar-refractivity contribution in [2.24, 2.45) is 5.92 Å². The minimum Gasteiger partial charge on any atom is -0.394 e. The quantitative estimate of drug-likeness (QED) is 0.779. The average molecular weight is 315 g/mol. The number of nitrogens with one attached hydrogen (secondary N) is 2. The zero-order valence-electron chi connectivity index (χ0n) is 13.5. The molecule has 1 atom stereocenters. The van der Waals surface area contributed by atoms with Gasteiger partial charge in [-0.05, 0) is 18.9 Å². The number of carbonyl (C=O) groups excluding carboxylic acids is 1. The zero-order chi connectivity index (χ0) is 17.0. The van der Waals surface area contributed by atoms with Crippen LogP contribution in [0, 0.1) is 12.8 Å². The second kappa shape index (κ2) is 7.19. The van der Waals surface area contributed by atoms with Crippen molar-refractivity contribution in [1.29, 1.82) is 0 Å². The van der Waals surface area contributed by atoms with Crippen molar-refractivity contribution >= 4 is 5.91 Å². The Morgan fingerprint density at radius 1 is 1.30 bits per heavy atom. The van der Waals surface area contributed by atoms with Gasteiger partial charge in [-0.2, -0.15) is 5.10 Å². The van der Waals surface area contributed by atoms with Crippen LogP contribution in [0.25, 0.3) is 11.3 Å². The first-order valence-corrected chi connectivity index (χ1v) is 7.51. The van der Waals surface area contributed by atoms with E-state index in [1.807, 2.05) is 45.0 Å². The number of aromatic nitrogens is 2. The van der Waals surface area contributed by atoms with Gasteiger partial charge in [-0.3, -0.25) is 9.59 Å². The molecule has 1 amide bonds. The summed E-state index contributed by atoms with van der Waals surface area (Å²) in [6, 6.07) is 8.68. The van der Waals surface area contributed by atoms with Gasteiger partial charge in [-0.1, -0.05) is 43.7 Å².